The van der Waals surface area contributed by atoms with Gasteiger partial charge in [-0.2, -0.15) is 25.8 Å². The fraction of sp³-hybridized carbons (Fsp3) is 0.333. The van der Waals surface area contributed by atoms with Crippen molar-refractivity contribution in [3.63, 3.8) is 0 Å². The number of nitrogens with two attached hydrogens (primary N) is 1. The second-order valence-corrected chi connectivity index (χ2v) is 3.24. The Labute approximate surface area is 85.5 Å². The van der Waals surface area contributed by atoms with E-state index in [-0.39, 0.29) is 11.3 Å². The maximum Gasteiger partial charge on any atom is 0.416 e. The summed E-state index contributed by atoms with van der Waals surface area (Å²) in [6.45, 7) is 0. The lowest BCUT2D eigenvalue weighted by molar-refractivity contribution is -0.138. The zero-order chi connectivity index (χ0) is 10.8. The van der Waals surface area contributed by atoms with Gasteiger partial charge < -0.3 is 5.73 Å². The molecule has 0 saturated heterocycles. The van der Waals surface area contributed by atoms with Gasteiger partial charge in [0.1, 0.15) is 0 Å². The number of hydrogen-bond acceptors (Lipinski definition) is 2. The van der Waals surface area contributed by atoms with Gasteiger partial charge >= 0.3 is 6.18 Å². The summed E-state index contributed by atoms with van der Waals surface area (Å²) < 4.78 is 37.4. The van der Waals surface area contributed by atoms with E-state index in [9.17, 15) is 13.2 Å². The predicted molar refractivity (Wildman–Crippen MR) is 52.2 cm³/mol. The molecule has 1 atom stereocenters. The highest BCUT2D eigenvalue weighted by Crippen LogP contribution is 2.33. The average molecular weight is 221 g/mol. The molecule has 0 aromatic heterocycles. The quantitative estimate of drug-likeness (QED) is 0.738. The van der Waals surface area contributed by atoms with E-state index in [1.165, 1.54) is 18.2 Å². The zero-order valence-corrected chi connectivity index (χ0v) is 8.15. The van der Waals surface area contributed by atoms with Gasteiger partial charge in [0.05, 0.1) is 5.56 Å². The van der Waals surface area contributed by atoms with E-state index >= 15 is 0 Å². The third-order valence-electron chi connectivity index (χ3n) is 1.86. The fourth-order valence-electron chi connectivity index (χ4n) is 1.18. The molecule has 78 valence electrons. The van der Waals surface area contributed by atoms with Crippen LogP contribution in [-0.2, 0) is 6.18 Å². The number of thiol groups is 1. The van der Waals surface area contributed by atoms with E-state index < -0.39 is 17.8 Å². The van der Waals surface area contributed by atoms with Crippen LogP contribution in [0.25, 0.3) is 0 Å². The molecule has 14 heavy (non-hydrogen) atoms. The van der Waals surface area contributed by atoms with Crippen LogP contribution in [0.4, 0.5) is 13.2 Å². The Kier molecular flexibility index (Phi) is 3.44. The van der Waals surface area contributed by atoms with E-state index in [1.807, 2.05) is 0 Å². The molecule has 0 fully saturated rings. The number of hydrogen-bond donors (Lipinski definition) is 2. The van der Waals surface area contributed by atoms with Gasteiger partial charge in [0.15, 0.2) is 0 Å². The third kappa shape index (κ3) is 2.42. The minimum Gasteiger partial charge on any atom is -0.323 e. The monoisotopic (exact) mass is 221 g/mol. The van der Waals surface area contributed by atoms with Crippen LogP contribution in [0.1, 0.15) is 17.2 Å². The van der Waals surface area contributed by atoms with Gasteiger partial charge in [-0.25, -0.2) is 0 Å². The lowest BCUT2D eigenvalue weighted by Gasteiger charge is -2.16. The second-order valence-electron chi connectivity index (χ2n) is 2.87. The summed E-state index contributed by atoms with van der Waals surface area (Å²) >= 11 is 3.88. The minimum atomic E-state index is -4.35. The SMILES string of the molecule is NC(CS)c1ccccc1C(F)(F)F. The summed E-state index contributed by atoms with van der Waals surface area (Å²) in [5.74, 6) is 0.188. The van der Waals surface area contributed by atoms with Crippen LogP contribution < -0.4 is 5.73 Å². The molecule has 1 rings (SSSR count). The van der Waals surface area contributed by atoms with Crippen molar-refractivity contribution in [1.82, 2.24) is 0 Å². The first kappa shape index (κ1) is 11.4. The minimum absolute atomic E-state index is 0.0926. The Morgan fingerprint density at radius 2 is 1.86 bits per heavy atom. The maximum atomic E-state index is 12.5. The Morgan fingerprint density at radius 3 is 2.36 bits per heavy atom. The van der Waals surface area contributed by atoms with Gasteiger partial charge in [-0.3, -0.25) is 0 Å². The Morgan fingerprint density at radius 1 is 1.29 bits per heavy atom. The Hall–Kier alpha value is -0.680. The fourth-order valence-corrected chi connectivity index (χ4v) is 1.37. The molecule has 1 aromatic rings. The van der Waals surface area contributed by atoms with E-state index in [2.05, 4.69) is 12.6 Å². The molecule has 5 heteroatoms. The Balaban J connectivity index is 3.16. The zero-order valence-electron chi connectivity index (χ0n) is 7.25. The van der Waals surface area contributed by atoms with Crippen LogP contribution in [0.3, 0.4) is 0 Å². The standard InChI is InChI=1S/C9H10F3NS/c10-9(11,12)7-4-2-1-3-6(7)8(13)5-14/h1-4,8,14H,5,13H2. The van der Waals surface area contributed by atoms with Crippen molar-refractivity contribution in [2.24, 2.45) is 5.73 Å². The summed E-state index contributed by atoms with van der Waals surface area (Å²) in [7, 11) is 0. The molecule has 0 heterocycles. The van der Waals surface area contributed by atoms with Crippen LogP contribution in [0, 0.1) is 0 Å². The third-order valence-corrected chi connectivity index (χ3v) is 2.26. The molecule has 0 aliphatic rings. The van der Waals surface area contributed by atoms with Crippen molar-refractivity contribution < 1.29 is 13.2 Å². The van der Waals surface area contributed by atoms with Gasteiger partial charge in [0.2, 0.25) is 0 Å². The second kappa shape index (κ2) is 4.23. The van der Waals surface area contributed by atoms with Crippen molar-refractivity contribution in [1.29, 1.82) is 0 Å². The molecular formula is C9H10F3NS. The van der Waals surface area contributed by atoms with E-state index in [0.29, 0.717) is 0 Å². The molecule has 2 N–H and O–H groups in total. The van der Waals surface area contributed by atoms with Gasteiger partial charge in [-0.1, -0.05) is 18.2 Å². The van der Waals surface area contributed by atoms with E-state index in [1.54, 1.807) is 0 Å². The summed E-state index contributed by atoms with van der Waals surface area (Å²) in [6, 6.07) is 4.60. The lowest BCUT2D eigenvalue weighted by atomic mass is 10.0. The van der Waals surface area contributed by atoms with Gasteiger partial charge in [-0.15, -0.1) is 0 Å². The smallest absolute Gasteiger partial charge is 0.323 e. The van der Waals surface area contributed by atoms with Crippen molar-refractivity contribution in [3.8, 4) is 0 Å². The van der Waals surface area contributed by atoms with Crippen molar-refractivity contribution >= 4 is 12.6 Å². The largest absolute Gasteiger partial charge is 0.416 e. The number of halogens is 3. The highest BCUT2D eigenvalue weighted by molar-refractivity contribution is 7.80. The van der Waals surface area contributed by atoms with Crippen LogP contribution >= 0.6 is 12.6 Å². The maximum absolute atomic E-state index is 12.5. The molecule has 0 bridgehead atoms. The van der Waals surface area contributed by atoms with Gasteiger partial charge in [0.25, 0.3) is 0 Å². The van der Waals surface area contributed by atoms with E-state index in [4.69, 9.17) is 5.73 Å². The molecule has 0 spiro atoms. The number of benzene rings is 1. The molecule has 0 saturated carbocycles. The van der Waals surface area contributed by atoms with Crippen molar-refractivity contribution in [2.75, 3.05) is 5.75 Å². The summed E-state index contributed by atoms with van der Waals surface area (Å²) in [4.78, 5) is 0. The lowest BCUT2D eigenvalue weighted by Crippen LogP contribution is -2.18. The van der Waals surface area contributed by atoms with Crippen molar-refractivity contribution in [2.45, 2.75) is 12.2 Å². The normalized spacial score (nSPS) is 14.1. The molecule has 0 aliphatic carbocycles. The summed E-state index contributed by atoms with van der Waals surface area (Å²) in [6.07, 6.45) is -4.35. The molecule has 1 nitrogen and oxygen atoms in total. The molecule has 0 radical (unpaired) electrons. The number of alkyl halides is 3. The molecule has 1 unspecified atom stereocenters. The summed E-state index contributed by atoms with van der Waals surface area (Å²) in [5, 5.41) is 0. The van der Waals surface area contributed by atoms with Gasteiger partial charge in [0, 0.05) is 11.8 Å². The predicted octanol–water partition coefficient (Wildman–Crippen LogP) is 2.64. The highest BCUT2D eigenvalue weighted by Gasteiger charge is 2.33. The topological polar surface area (TPSA) is 26.0 Å². The Bertz CT molecular complexity index is 311. The van der Waals surface area contributed by atoms with Gasteiger partial charge in [-0.05, 0) is 11.6 Å². The molecule has 0 amide bonds. The summed E-state index contributed by atoms with van der Waals surface area (Å²) in [5.41, 5.74) is 4.93. The average Bonchev–Trinajstić information content (AvgIpc) is 2.15. The van der Waals surface area contributed by atoms with Crippen LogP contribution in [0.2, 0.25) is 0 Å². The first-order chi connectivity index (χ1) is 6.46. The van der Waals surface area contributed by atoms with Crippen LogP contribution in [0.15, 0.2) is 24.3 Å². The first-order valence-electron chi connectivity index (χ1n) is 3.99. The highest BCUT2D eigenvalue weighted by atomic mass is 32.1. The van der Waals surface area contributed by atoms with Crippen LogP contribution in [-0.4, -0.2) is 5.75 Å². The number of rotatable bonds is 2. The molecule has 1 aromatic carbocycles. The van der Waals surface area contributed by atoms with E-state index in [0.717, 1.165) is 6.07 Å². The first-order valence-corrected chi connectivity index (χ1v) is 4.62. The van der Waals surface area contributed by atoms with Crippen molar-refractivity contribution in [3.05, 3.63) is 35.4 Å². The molecule has 0 aliphatic heterocycles. The molecular weight excluding hydrogens is 211 g/mol. The van der Waals surface area contributed by atoms with Crippen LogP contribution in [0.5, 0.6) is 0 Å².